The number of ether oxygens (including phenoxy) is 1. The molecule has 1 fully saturated rings. The molecule has 1 aliphatic carbocycles. The number of benzene rings is 2. The Morgan fingerprint density at radius 3 is 2.33 bits per heavy atom. The fraction of sp³-hybridized carbons (Fsp3) is 0.435. The summed E-state index contributed by atoms with van der Waals surface area (Å²) in [6.07, 6.45) is -3.10. The van der Waals surface area contributed by atoms with E-state index in [0.717, 1.165) is 11.6 Å². The lowest BCUT2D eigenvalue weighted by Crippen LogP contribution is -2.43. The van der Waals surface area contributed by atoms with Gasteiger partial charge in [0.05, 0.1) is 11.5 Å². The number of aliphatic carboxylic acids is 1. The van der Waals surface area contributed by atoms with Gasteiger partial charge in [-0.3, -0.25) is 4.79 Å². The lowest BCUT2D eigenvalue weighted by atomic mass is 9.80. The number of hydrogen-bond donors (Lipinski definition) is 2. The fourth-order valence-corrected chi connectivity index (χ4v) is 3.56. The van der Waals surface area contributed by atoms with Crippen molar-refractivity contribution in [1.82, 2.24) is 5.32 Å². The average Bonchev–Trinajstić information content (AvgIpc) is 2.64. The summed E-state index contributed by atoms with van der Waals surface area (Å²) in [6.45, 7) is 4.17. The van der Waals surface area contributed by atoms with Crippen molar-refractivity contribution in [3.05, 3.63) is 64.7 Å². The van der Waals surface area contributed by atoms with E-state index in [4.69, 9.17) is 9.84 Å². The van der Waals surface area contributed by atoms with E-state index < -0.39 is 17.7 Å². The molecule has 0 saturated heterocycles. The maximum atomic E-state index is 13.3. The number of carbonyl (C=O) groups is 1. The Balaban J connectivity index is 1.53. The molecule has 0 heterocycles. The van der Waals surface area contributed by atoms with Crippen LogP contribution < -0.4 is 10.1 Å². The number of hydrogen-bond acceptors (Lipinski definition) is 3. The first-order chi connectivity index (χ1) is 14.1. The Kier molecular flexibility index (Phi) is 6.71. The molecule has 1 aliphatic rings. The van der Waals surface area contributed by atoms with Gasteiger partial charge in [0.15, 0.2) is 0 Å². The molecule has 0 radical (unpaired) electrons. The van der Waals surface area contributed by atoms with Gasteiger partial charge in [0.2, 0.25) is 0 Å². The third kappa shape index (κ3) is 5.53. The average molecular weight is 421 g/mol. The van der Waals surface area contributed by atoms with Gasteiger partial charge < -0.3 is 15.2 Å². The third-order valence-corrected chi connectivity index (χ3v) is 5.46. The molecule has 0 bridgehead atoms. The Hall–Kier alpha value is -2.54. The number of carboxylic acids is 1. The second-order valence-corrected chi connectivity index (χ2v) is 8.09. The minimum Gasteiger partial charge on any atom is -0.489 e. The summed E-state index contributed by atoms with van der Waals surface area (Å²) in [5, 5.41) is 12.2. The zero-order valence-electron chi connectivity index (χ0n) is 17.0. The van der Waals surface area contributed by atoms with Crippen molar-refractivity contribution in [3.8, 4) is 5.75 Å². The first kappa shape index (κ1) is 22.2. The molecular formula is C23H26F3NO3. The maximum Gasteiger partial charge on any atom is 0.416 e. The summed E-state index contributed by atoms with van der Waals surface area (Å²) in [7, 11) is 0. The van der Waals surface area contributed by atoms with Crippen LogP contribution in [0.5, 0.6) is 5.75 Å². The molecule has 0 atom stereocenters. The van der Waals surface area contributed by atoms with Crippen LogP contribution in [0.2, 0.25) is 0 Å². The summed E-state index contributed by atoms with van der Waals surface area (Å²) in [4.78, 5) is 10.8. The molecule has 0 aliphatic heterocycles. The number of carboxylic acid groups (broad SMARTS) is 1. The number of alkyl halides is 3. The number of halogens is 3. The summed E-state index contributed by atoms with van der Waals surface area (Å²) in [6, 6.07) is 11.9. The summed E-state index contributed by atoms with van der Waals surface area (Å²) in [5.41, 5.74) is 1.17. The van der Waals surface area contributed by atoms with Crippen LogP contribution in [0.3, 0.4) is 0 Å². The van der Waals surface area contributed by atoms with E-state index in [2.05, 4.69) is 5.32 Å². The molecule has 30 heavy (non-hydrogen) atoms. The van der Waals surface area contributed by atoms with Gasteiger partial charge in [-0.15, -0.1) is 0 Å². The molecule has 0 spiro atoms. The van der Waals surface area contributed by atoms with Gasteiger partial charge in [0, 0.05) is 12.6 Å². The van der Waals surface area contributed by atoms with E-state index in [1.165, 1.54) is 6.07 Å². The smallest absolute Gasteiger partial charge is 0.416 e. The Morgan fingerprint density at radius 1 is 1.13 bits per heavy atom. The fourth-order valence-electron chi connectivity index (χ4n) is 3.56. The molecule has 4 nitrogen and oxygen atoms in total. The first-order valence-electron chi connectivity index (χ1n) is 10.0. The van der Waals surface area contributed by atoms with Crippen molar-refractivity contribution < 1.29 is 27.8 Å². The molecular weight excluding hydrogens is 395 g/mol. The SMILES string of the molecule is CC(C)c1ccc(COc2ccc(CNC3CC(C(=O)O)C3)cc2)cc1C(F)(F)F. The second kappa shape index (κ2) is 9.08. The normalized spacial score (nSPS) is 18.9. The summed E-state index contributed by atoms with van der Waals surface area (Å²) in [5.74, 6) is -0.621. The Morgan fingerprint density at radius 2 is 1.77 bits per heavy atom. The predicted octanol–water partition coefficient (Wildman–Crippen LogP) is 5.36. The van der Waals surface area contributed by atoms with E-state index in [1.54, 1.807) is 32.0 Å². The van der Waals surface area contributed by atoms with Gasteiger partial charge in [-0.25, -0.2) is 0 Å². The standard InChI is InChI=1S/C23H26F3NO3/c1-14(2)20-8-5-16(9-21(20)23(24,25)26)13-30-19-6-3-15(4-7-19)12-27-18-10-17(11-18)22(28)29/h3-9,14,17-18,27H,10-13H2,1-2H3,(H,28,29). The maximum absolute atomic E-state index is 13.3. The van der Waals surface area contributed by atoms with Crippen LogP contribution in [0.25, 0.3) is 0 Å². The quantitative estimate of drug-likeness (QED) is 0.602. The highest BCUT2D eigenvalue weighted by atomic mass is 19.4. The highest BCUT2D eigenvalue weighted by molar-refractivity contribution is 5.71. The molecule has 0 unspecified atom stereocenters. The number of nitrogens with one attached hydrogen (secondary N) is 1. The van der Waals surface area contributed by atoms with Gasteiger partial charge in [-0.05, 0) is 53.6 Å². The summed E-state index contributed by atoms with van der Waals surface area (Å²) < 4.78 is 45.7. The van der Waals surface area contributed by atoms with Crippen molar-refractivity contribution in [2.75, 3.05) is 0 Å². The predicted molar refractivity (Wildman–Crippen MR) is 107 cm³/mol. The van der Waals surface area contributed by atoms with Crippen LogP contribution >= 0.6 is 0 Å². The van der Waals surface area contributed by atoms with E-state index in [9.17, 15) is 18.0 Å². The molecule has 3 rings (SSSR count). The molecule has 0 aromatic heterocycles. The second-order valence-electron chi connectivity index (χ2n) is 8.09. The van der Waals surface area contributed by atoms with Crippen LogP contribution in [0.4, 0.5) is 13.2 Å². The minimum atomic E-state index is -4.39. The van der Waals surface area contributed by atoms with Crippen molar-refractivity contribution in [2.24, 2.45) is 5.92 Å². The highest BCUT2D eigenvalue weighted by Crippen LogP contribution is 2.36. The zero-order valence-corrected chi connectivity index (χ0v) is 17.0. The van der Waals surface area contributed by atoms with Gasteiger partial charge >= 0.3 is 12.1 Å². The van der Waals surface area contributed by atoms with E-state index >= 15 is 0 Å². The van der Waals surface area contributed by atoms with Gasteiger partial charge in [-0.2, -0.15) is 13.2 Å². The molecule has 7 heteroatoms. The van der Waals surface area contributed by atoms with Crippen LogP contribution in [0, 0.1) is 5.92 Å². The molecule has 2 aromatic rings. The Labute approximate surface area is 174 Å². The molecule has 2 aromatic carbocycles. The third-order valence-electron chi connectivity index (χ3n) is 5.46. The van der Waals surface area contributed by atoms with Crippen LogP contribution in [0.15, 0.2) is 42.5 Å². The minimum absolute atomic E-state index is 0.0533. The zero-order chi connectivity index (χ0) is 21.9. The lowest BCUT2D eigenvalue weighted by Gasteiger charge is -2.33. The molecule has 162 valence electrons. The van der Waals surface area contributed by atoms with Crippen LogP contribution in [-0.2, 0) is 24.1 Å². The topological polar surface area (TPSA) is 58.6 Å². The summed E-state index contributed by atoms with van der Waals surface area (Å²) >= 11 is 0. The van der Waals surface area contributed by atoms with E-state index in [1.807, 2.05) is 12.1 Å². The van der Waals surface area contributed by atoms with E-state index in [0.29, 0.717) is 30.7 Å². The lowest BCUT2D eigenvalue weighted by molar-refractivity contribution is -0.145. The van der Waals surface area contributed by atoms with Crippen molar-refractivity contribution >= 4 is 5.97 Å². The van der Waals surface area contributed by atoms with Crippen LogP contribution in [0.1, 0.15) is 54.9 Å². The van der Waals surface area contributed by atoms with Crippen molar-refractivity contribution in [3.63, 3.8) is 0 Å². The number of rotatable bonds is 8. The van der Waals surface area contributed by atoms with Gasteiger partial charge in [-0.1, -0.05) is 38.1 Å². The monoisotopic (exact) mass is 421 g/mol. The van der Waals surface area contributed by atoms with Crippen molar-refractivity contribution in [1.29, 1.82) is 0 Å². The highest BCUT2D eigenvalue weighted by Gasteiger charge is 2.34. The van der Waals surface area contributed by atoms with Gasteiger partial charge in [0.1, 0.15) is 12.4 Å². The largest absolute Gasteiger partial charge is 0.489 e. The van der Waals surface area contributed by atoms with Gasteiger partial charge in [0.25, 0.3) is 0 Å². The first-order valence-corrected chi connectivity index (χ1v) is 10.0. The van der Waals surface area contributed by atoms with Crippen LogP contribution in [-0.4, -0.2) is 17.1 Å². The molecule has 1 saturated carbocycles. The molecule has 2 N–H and O–H groups in total. The van der Waals surface area contributed by atoms with Crippen molar-refractivity contribution in [2.45, 2.75) is 58.0 Å². The Bertz CT molecular complexity index is 872. The molecule has 0 amide bonds. The van der Waals surface area contributed by atoms with E-state index in [-0.39, 0.29) is 30.0 Å².